The van der Waals surface area contributed by atoms with E-state index in [0.717, 1.165) is 11.4 Å². The molecule has 0 saturated heterocycles. The first-order valence-corrected chi connectivity index (χ1v) is 3.80. The van der Waals surface area contributed by atoms with Crippen molar-refractivity contribution in [3.63, 3.8) is 0 Å². The Morgan fingerprint density at radius 3 is 2.92 bits per heavy atom. The summed E-state index contributed by atoms with van der Waals surface area (Å²) in [4.78, 5) is 4.11. The molecule has 0 aliphatic rings. The van der Waals surface area contributed by atoms with E-state index in [1.165, 1.54) is 0 Å². The zero-order valence-electron chi connectivity index (χ0n) is 6.40. The van der Waals surface area contributed by atoms with E-state index < -0.39 is 0 Å². The first kappa shape index (κ1) is 7.23. The van der Waals surface area contributed by atoms with Crippen LogP contribution in [0.4, 0.5) is 0 Å². The first-order valence-electron chi connectivity index (χ1n) is 3.39. The number of aromatic amines is 2. The summed E-state index contributed by atoms with van der Waals surface area (Å²) in [5, 5.41) is 9.50. The van der Waals surface area contributed by atoms with Crippen LogP contribution >= 0.6 is 12.2 Å². The molecule has 0 saturated carbocycles. The van der Waals surface area contributed by atoms with Gasteiger partial charge in [-0.15, -0.1) is 0 Å². The topological polar surface area (TPSA) is 62.3 Å². The van der Waals surface area contributed by atoms with Crippen LogP contribution in [-0.4, -0.2) is 25.0 Å². The molecule has 62 valence electrons. The Bertz CT molecular complexity index is 423. The number of aromatic nitrogens is 5. The smallest absolute Gasteiger partial charge is 0.216 e. The molecule has 2 aromatic rings. The third-order valence-corrected chi connectivity index (χ3v) is 1.90. The van der Waals surface area contributed by atoms with Crippen molar-refractivity contribution >= 4 is 12.2 Å². The van der Waals surface area contributed by atoms with Gasteiger partial charge in [0.15, 0.2) is 5.82 Å². The van der Waals surface area contributed by atoms with Crippen molar-refractivity contribution in [2.45, 2.75) is 0 Å². The molecular weight excluding hydrogens is 174 g/mol. The van der Waals surface area contributed by atoms with Crippen LogP contribution in [0.15, 0.2) is 12.4 Å². The molecule has 0 aliphatic heterocycles. The summed E-state index contributed by atoms with van der Waals surface area (Å²) in [6.07, 6.45) is 3.45. The highest BCUT2D eigenvalue weighted by atomic mass is 32.1. The second-order valence-electron chi connectivity index (χ2n) is 2.40. The van der Waals surface area contributed by atoms with E-state index in [1.807, 2.05) is 7.05 Å². The van der Waals surface area contributed by atoms with E-state index in [2.05, 4.69) is 20.3 Å². The van der Waals surface area contributed by atoms with Gasteiger partial charge < -0.3 is 0 Å². The van der Waals surface area contributed by atoms with Gasteiger partial charge in [0.1, 0.15) is 0 Å². The van der Waals surface area contributed by atoms with Gasteiger partial charge in [-0.3, -0.25) is 14.9 Å². The SMILES string of the molecule is Cn1[nH]c(-c2cn[nH]c2)nc1=S. The lowest BCUT2D eigenvalue weighted by atomic mass is 10.3. The van der Waals surface area contributed by atoms with Gasteiger partial charge in [-0.2, -0.15) is 10.1 Å². The second kappa shape index (κ2) is 2.56. The summed E-state index contributed by atoms with van der Waals surface area (Å²) in [5.74, 6) is 0.733. The van der Waals surface area contributed by atoms with Crippen LogP contribution in [0, 0.1) is 4.77 Å². The summed E-state index contributed by atoms with van der Waals surface area (Å²) in [6, 6.07) is 0. The monoisotopic (exact) mass is 181 g/mol. The molecule has 2 heterocycles. The molecule has 0 fully saturated rings. The molecule has 0 bridgehead atoms. The van der Waals surface area contributed by atoms with Crippen LogP contribution in [0.2, 0.25) is 0 Å². The van der Waals surface area contributed by atoms with Crippen molar-refractivity contribution in [3.05, 3.63) is 17.2 Å². The van der Waals surface area contributed by atoms with E-state index in [0.29, 0.717) is 4.77 Å². The summed E-state index contributed by atoms with van der Waals surface area (Å²) in [7, 11) is 1.82. The highest BCUT2D eigenvalue weighted by Crippen LogP contribution is 2.10. The van der Waals surface area contributed by atoms with E-state index in [9.17, 15) is 0 Å². The highest BCUT2D eigenvalue weighted by Gasteiger charge is 2.02. The van der Waals surface area contributed by atoms with E-state index in [-0.39, 0.29) is 0 Å². The molecule has 12 heavy (non-hydrogen) atoms. The van der Waals surface area contributed by atoms with Gasteiger partial charge in [-0.1, -0.05) is 0 Å². The van der Waals surface area contributed by atoms with Crippen molar-refractivity contribution in [2.24, 2.45) is 7.05 Å². The molecule has 0 aromatic carbocycles. The van der Waals surface area contributed by atoms with Crippen LogP contribution in [-0.2, 0) is 7.05 Å². The van der Waals surface area contributed by atoms with Crippen LogP contribution < -0.4 is 0 Å². The van der Waals surface area contributed by atoms with Crippen molar-refractivity contribution in [1.29, 1.82) is 0 Å². The maximum atomic E-state index is 4.94. The molecule has 0 aliphatic carbocycles. The molecule has 2 rings (SSSR count). The van der Waals surface area contributed by atoms with Gasteiger partial charge in [0.05, 0.1) is 11.8 Å². The summed E-state index contributed by atoms with van der Waals surface area (Å²) >= 11 is 4.94. The van der Waals surface area contributed by atoms with Crippen molar-refractivity contribution in [3.8, 4) is 11.4 Å². The number of H-pyrrole nitrogens is 2. The quantitative estimate of drug-likeness (QED) is 0.641. The predicted molar refractivity (Wildman–Crippen MR) is 46.0 cm³/mol. The molecule has 0 atom stereocenters. The minimum Gasteiger partial charge on any atom is -0.285 e. The Labute approximate surface area is 73.4 Å². The number of nitrogens with zero attached hydrogens (tertiary/aromatic N) is 3. The van der Waals surface area contributed by atoms with E-state index in [1.54, 1.807) is 17.1 Å². The third-order valence-electron chi connectivity index (χ3n) is 1.54. The lowest BCUT2D eigenvalue weighted by Gasteiger charge is -1.87. The van der Waals surface area contributed by atoms with E-state index >= 15 is 0 Å². The van der Waals surface area contributed by atoms with Crippen LogP contribution in [0.5, 0.6) is 0 Å². The minimum atomic E-state index is 0.534. The fourth-order valence-electron chi connectivity index (χ4n) is 0.912. The Balaban J connectivity index is 2.56. The fourth-order valence-corrected chi connectivity index (χ4v) is 1.05. The van der Waals surface area contributed by atoms with E-state index in [4.69, 9.17) is 12.2 Å². The van der Waals surface area contributed by atoms with Crippen molar-refractivity contribution in [2.75, 3.05) is 0 Å². The molecule has 6 heteroatoms. The molecule has 0 spiro atoms. The molecule has 5 nitrogen and oxygen atoms in total. The summed E-state index contributed by atoms with van der Waals surface area (Å²) in [6.45, 7) is 0. The molecule has 2 N–H and O–H groups in total. The van der Waals surface area contributed by atoms with Crippen LogP contribution in [0.1, 0.15) is 0 Å². The zero-order valence-corrected chi connectivity index (χ0v) is 7.22. The Kier molecular flexibility index (Phi) is 1.54. The number of aryl methyl sites for hydroxylation is 1. The Hall–Kier alpha value is -1.43. The number of rotatable bonds is 1. The maximum absolute atomic E-state index is 4.94. The normalized spacial score (nSPS) is 10.4. The van der Waals surface area contributed by atoms with Gasteiger partial charge in [0.25, 0.3) is 0 Å². The number of hydrogen-bond donors (Lipinski definition) is 2. The molecule has 2 aromatic heterocycles. The molecule has 0 unspecified atom stereocenters. The number of hydrogen-bond acceptors (Lipinski definition) is 3. The van der Waals surface area contributed by atoms with Gasteiger partial charge >= 0.3 is 0 Å². The van der Waals surface area contributed by atoms with Crippen molar-refractivity contribution in [1.82, 2.24) is 25.0 Å². The average molecular weight is 181 g/mol. The van der Waals surface area contributed by atoms with Crippen molar-refractivity contribution < 1.29 is 0 Å². The Morgan fingerprint density at radius 1 is 1.58 bits per heavy atom. The van der Waals surface area contributed by atoms with Crippen LogP contribution in [0.25, 0.3) is 11.4 Å². The number of nitrogens with one attached hydrogen (secondary N) is 2. The zero-order chi connectivity index (χ0) is 8.55. The second-order valence-corrected chi connectivity index (χ2v) is 2.77. The third kappa shape index (κ3) is 1.06. The lowest BCUT2D eigenvalue weighted by molar-refractivity contribution is 0.756. The first-order chi connectivity index (χ1) is 5.77. The Morgan fingerprint density at radius 2 is 2.42 bits per heavy atom. The maximum Gasteiger partial charge on any atom is 0.216 e. The fraction of sp³-hybridized carbons (Fsp3) is 0.167. The average Bonchev–Trinajstić information content (AvgIpc) is 2.61. The van der Waals surface area contributed by atoms with Gasteiger partial charge in [-0.05, 0) is 12.2 Å². The van der Waals surface area contributed by atoms with Gasteiger partial charge in [0, 0.05) is 13.2 Å². The molecule has 0 amide bonds. The van der Waals surface area contributed by atoms with Crippen LogP contribution in [0.3, 0.4) is 0 Å². The van der Waals surface area contributed by atoms with Gasteiger partial charge in [0.2, 0.25) is 4.77 Å². The predicted octanol–water partition coefficient (Wildman–Crippen LogP) is 0.868. The molecular formula is C6H7N5S. The summed E-state index contributed by atoms with van der Waals surface area (Å²) < 4.78 is 2.21. The highest BCUT2D eigenvalue weighted by molar-refractivity contribution is 7.71. The lowest BCUT2D eigenvalue weighted by Crippen LogP contribution is -1.88. The largest absolute Gasteiger partial charge is 0.285 e. The van der Waals surface area contributed by atoms with Gasteiger partial charge in [-0.25, -0.2) is 0 Å². The standard InChI is InChI=1S/C6H7N5S/c1-11-6(12)9-5(10-11)4-2-7-8-3-4/h2-3H,1H3,(H,7,8)(H,9,10,12). The summed E-state index contributed by atoms with van der Waals surface area (Å²) in [5.41, 5.74) is 0.904. The molecule has 0 radical (unpaired) electrons. The minimum absolute atomic E-state index is 0.534.